The Kier molecular flexibility index (Phi) is 8.79. The van der Waals surface area contributed by atoms with Crippen LogP contribution in [0, 0.1) is 5.82 Å². The third-order valence-corrected chi connectivity index (χ3v) is 6.52. The number of alkyl halides is 6. The van der Waals surface area contributed by atoms with E-state index in [4.69, 9.17) is 4.74 Å². The molecule has 4 rings (SSSR count). The Hall–Kier alpha value is -4.87. The SMILES string of the molecule is COC(=O)C(Cc1ccc(-c2cc(C(F)(F)F)cc(C(F)(F)F)c2)cc1)NC(=O)c1cc(-c2ccc(F)cc2)ccc1O. The van der Waals surface area contributed by atoms with Gasteiger partial charge in [0.05, 0.1) is 23.8 Å². The Balaban J connectivity index is 1.57. The number of hydrogen-bond acceptors (Lipinski definition) is 4. The maximum absolute atomic E-state index is 13.3. The van der Waals surface area contributed by atoms with Crippen LogP contribution < -0.4 is 5.32 Å². The van der Waals surface area contributed by atoms with Crippen molar-refractivity contribution in [2.24, 2.45) is 0 Å². The molecule has 0 aliphatic rings. The lowest BCUT2D eigenvalue weighted by Gasteiger charge is -2.18. The lowest BCUT2D eigenvalue weighted by atomic mass is 9.97. The highest BCUT2D eigenvalue weighted by atomic mass is 19.4. The minimum absolute atomic E-state index is 0.0364. The van der Waals surface area contributed by atoms with Gasteiger partial charge in [0.2, 0.25) is 0 Å². The van der Waals surface area contributed by atoms with Crippen molar-refractivity contribution in [2.75, 3.05) is 7.11 Å². The molecule has 0 aliphatic carbocycles. The number of aromatic hydroxyl groups is 1. The molecule has 12 heteroatoms. The normalized spacial score (nSPS) is 12.5. The van der Waals surface area contributed by atoms with Crippen LogP contribution >= 0.6 is 0 Å². The predicted octanol–water partition coefficient (Wildman–Crippen LogP) is 7.42. The van der Waals surface area contributed by atoms with Crippen LogP contribution in [-0.4, -0.2) is 30.1 Å². The van der Waals surface area contributed by atoms with Gasteiger partial charge in [-0.1, -0.05) is 42.5 Å². The van der Waals surface area contributed by atoms with Gasteiger partial charge in [-0.05, 0) is 70.3 Å². The number of rotatable bonds is 7. The third kappa shape index (κ3) is 7.51. The second-order valence-electron chi connectivity index (χ2n) is 9.48. The van der Waals surface area contributed by atoms with Gasteiger partial charge < -0.3 is 15.2 Å². The molecule has 0 radical (unpaired) electrons. The van der Waals surface area contributed by atoms with Crippen LogP contribution in [0.15, 0.2) is 84.9 Å². The van der Waals surface area contributed by atoms with E-state index in [2.05, 4.69) is 5.32 Å². The first-order valence-electron chi connectivity index (χ1n) is 12.5. The largest absolute Gasteiger partial charge is 0.507 e. The minimum atomic E-state index is -5.01. The number of carbonyl (C=O) groups excluding carboxylic acids is 2. The van der Waals surface area contributed by atoms with Gasteiger partial charge in [0.15, 0.2) is 0 Å². The molecule has 0 aromatic heterocycles. The van der Waals surface area contributed by atoms with E-state index in [1.54, 1.807) is 0 Å². The number of halogens is 7. The zero-order chi connectivity index (χ0) is 31.5. The van der Waals surface area contributed by atoms with Crippen LogP contribution in [-0.2, 0) is 28.3 Å². The van der Waals surface area contributed by atoms with Crippen LogP contribution in [0.4, 0.5) is 30.7 Å². The summed E-state index contributed by atoms with van der Waals surface area (Å²) in [7, 11) is 1.09. The fraction of sp³-hybridized carbons (Fsp3) is 0.161. The zero-order valence-corrected chi connectivity index (χ0v) is 22.2. The molecule has 0 aliphatic heterocycles. The first kappa shape index (κ1) is 31.1. The highest BCUT2D eigenvalue weighted by Gasteiger charge is 2.37. The Morgan fingerprint density at radius 2 is 1.26 bits per heavy atom. The maximum Gasteiger partial charge on any atom is 0.416 e. The summed E-state index contributed by atoms with van der Waals surface area (Å²) in [6, 6.07) is 14.9. The van der Waals surface area contributed by atoms with Crippen LogP contribution in [0.3, 0.4) is 0 Å². The van der Waals surface area contributed by atoms with Crippen molar-refractivity contribution in [1.29, 1.82) is 0 Å². The van der Waals surface area contributed by atoms with Crippen molar-refractivity contribution in [3.63, 3.8) is 0 Å². The number of hydrogen-bond donors (Lipinski definition) is 2. The molecule has 0 saturated carbocycles. The second kappa shape index (κ2) is 12.2. The molecule has 4 aromatic carbocycles. The molecule has 0 fully saturated rings. The average molecular weight is 606 g/mol. The van der Waals surface area contributed by atoms with Crippen molar-refractivity contribution in [1.82, 2.24) is 5.32 Å². The molecule has 1 atom stereocenters. The number of phenols is 1. The number of methoxy groups -OCH3 is 1. The number of amides is 1. The molecule has 0 saturated heterocycles. The van der Waals surface area contributed by atoms with Gasteiger partial charge in [-0.25, -0.2) is 9.18 Å². The summed E-state index contributed by atoms with van der Waals surface area (Å²) in [5.74, 6) is -2.54. The predicted molar refractivity (Wildman–Crippen MR) is 142 cm³/mol. The monoisotopic (exact) mass is 605 g/mol. The van der Waals surface area contributed by atoms with Crippen LogP contribution in [0.5, 0.6) is 5.75 Å². The third-order valence-electron chi connectivity index (χ3n) is 6.52. The molecule has 0 bridgehead atoms. The quantitative estimate of drug-likeness (QED) is 0.170. The van der Waals surface area contributed by atoms with Crippen molar-refractivity contribution in [2.45, 2.75) is 24.8 Å². The average Bonchev–Trinajstić information content (AvgIpc) is 2.96. The van der Waals surface area contributed by atoms with Gasteiger partial charge in [0.1, 0.15) is 17.6 Å². The molecule has 0 heterocycles. The van der Waals surface area contributed by atoms with E-state index in [1.807, 2.05) is 0 Å². The highest BCUT2D eigenvalue weighted by Crippen LogP contribution is 2.38. The van der Waals surface area contributed by atoms with Gasteiger partial charge in [-0.2, -0.15) is 26.3 Å². The summed E-state index contributed by atoms with van der Waals surface area (Å²) in [6.07, 6.45) is -10.2. The Labute approximate surface area is 240 Å². The minimum Gasteiger partial charge on any atom is -0.507 e. The van der Waals surface area contributed by atoms with Gasteiger partial charge >= 0.3 is 18.3 Å². The zero-order valence-electron chi connectivity index (χ0n) is 22.2. The summed E-state index contributed by atoms with van der Waals surface area (Å²) < 4.78 is 97.7. The summed E-state index contributed by atoms with van der Waals surface area (Å²) in [6.45, 7) is 0. The molecule has 2 N–H and O–H groups in total. The van der Waals surface area contributed by atoms with E-state index in [0.717, 1.165) is 7.11 Å². The lowest BCUT2D eigenvalue weighted by molar-refractivity contribution is -0.144. The smallest absolute Gasteiger partial charge is 0.416 e. The van der Waals surface area contributed by atoms with Crippen molar-refractivity contribution in [3.8, 4) is 28.0 Å². The summed E-state index contributed by atoms with van der Waals surface area (Å²) in [4.78, 5) is 25.6. The maximum atomic E-state index is 13.3. The number of esters is 1. The van der Waals surface area contributed by atoms with Crippen LogP contribution in [0.25, 0.3) is 22.3 Å². The second-order valence-corrected chi connectivity index (χ2v) is 9.48. The summed E-state index contributed by atoms with van der Waals surface area (Å²) in [5, 5.41) is 12.8. The highest BCUT2D eigenvalue weighted by molar-refractivity contribution is 6.00. The first-order chi connectivity index (χ1) is 20.2. The van der Waals surface area contributed by atoms with E-state index in [9.17, 15) is 45.4 Å². The van der Waals surface area contributed by atoms with Crippen molar-refractivity contribution < 1.29 is 50.2 Å². The Bertz CT molecular complexity index is 1600. The van der Waals surface area contributed by atoms with Crippen molar-refractivity contribution >= 4 is 11.9 Å². The molecule has 1 unspecified atom stereocenters. The van der Waals surface area contributed by atoms with Gasteiger partial charge in [-0.15, -0.1) is 0 Å². The van der Waals surface area contributed by atoms with E-state index < -0.39 is 53.0 Å². The molecule has 4 aromatic rings. The number of phenolic OH excluding ortho intramolecular Hbond substituents is 1. The summed E-state index contributed by atoms with van der Waals surface area (Å²) in [5.41, 5.74) is -1.92. The van der Waals surface area contributed by atoms with Crippen molar-refractivity contribution in [3.05, 3.63) is 113 Å². The number of carbonyl (C=O) groups is 2. The van der Waals surface area contributed by atoms with Gasteiger partial charge in [0.25, 0.3) is 5.91 Å². The van der Waals surface area contributed by atoms with Gasteiger partial charge in [-0.3, -0.25) is 4.79 Å². The van der Waals surface area contributed by atoms with E-state index in [-0.39, 0.29) is 29.2 Å². The number of benzene rings is 4. The molecule has 43 heavy (non-hydrogen) atoms. The molecule has 1 amide bonds. The van der Waals surface area contributed by atoms with Gasteiger partial charge in [0, 0.05) is 6.42 Å². The van der Waals surface area contributed by atoms with E-state index in [1.165, 1.54) is 66.7 Å². The lowest BCUT2D eigenvalue weighted by Crippen LogP contribution is -2.43. The molecular weight excluding hydrogens is 583 g/mol. The molecule has 0 spiro atoms. The van der Waals surface area contributed by atoms with E-state index in [0.29, 0.717) is 28.8 Å². The number of ether oxygens (including phenoxy) is 1. The first-order valence-corrected chi connectivity index (χ1v) is 12.5. The molecule has 224 valence electrons. The molecular formula is C31H22F7NO4. The van der Waals surface area contributed by atoms with Crippen LogP contribution in [0.1, 0.15) is 27.0 Å². The topological polar surface area (TPSA) is 75.6 Å². The van der Waals surface area contributed by atoms with Crippen LogP contribution in [0.2, 0.25) is 0 Å². The molecule has 5 nitrogen and oxygen atoms in total. The Morgan fingerprint density at radius 3 is 1.79 bits per heavy atom. The fourth-order valence-corrected chi connectivity index (χ4v) is 4.30. The number of nitrogens with one attached hydrogen (secondary N) is 1. The Morgan fingerprint density at radius 1 is 0.744 bits per heavy atom. The van der Waals surface area contributed by atoms with E-state index >= 15 is 0 Å². The fourth-order valence-electron chi connectivity index (χ4n) is 4.30. The summed E-state index contributed by atoms with van der Waals surface area (Å²) >= 11 is 0. The standard InChI is InChI=1S/C31H22F7NO4/c1-43-29(42)26(39-28(41)25-15-20(8-11-27(25)40)18-6-9-24(32)10-7-18)12-17-2-4-19(5-3-17)21-13-22(30(33,34)35)16-23(14-21)31(36,37)38/h2-11,13-16,26,40H,12H2,1H3,(H,39,41).